The molecule has 0 radical (unpaired) electrons. The van der Waals surface area contributed by atoms with Crippen molar-refractivity contribution in [1.29, 1.82) is 0 Å². The number of anilines is 1. The van der Waals surface area contributed by atoms with Gasteiger partial charge < -0.3 is 4.90 Å². The second kappa shape index (κ2) is 8.87. The number of amides is 1. The minimum Gasteiger partial charge on any atom is -0.346 e. The zero-order valence-electron chi connectivity index (χ0n) is 16.4. The second-order valence-corrected chi connectivity index (χ2v) is 8.28. The first-order valence-corrected chi connectivity index (χ1v) is 10.8. The quantitative estimate of drug-likeness (QED) is 0.647. The van der Waals surface area contributed by atoms with E-state index in [1.54, 1.807) is 54.4 Å². The highest BCUT2D eigenvalue weighted by Crippen LogP contribution is 2.22. The molecule has 2 aromatic carbocycles. The molecule has 0 unspecified atom stereocenters. The molecule has 0 fully saturated rings. The van der Waals surface area contributed by atoms with Crippen molar-refractivity contribution in [2.75, 3.05) is 18.3 Å². The lowest BCUT2D eigenvalue weighted by molar-refractivity contribution is -0.129. The highest BCUT2D eigenvalue weighted by atomic mass is 32.2. The van der Waals surface area contributed by atoms with Crippen molar-refractivity contribution in [1.82, 2.24) is 9.88 Å². The van der Waals surface area contributed by atoms with Gasteiger partial charge in [-0.15, -0.1) is 0 Å². The van der Waals surface area contributed by atoms with Crippen LogP contribution in [0.5, 0.6) is 0 Å². The molecule has 1 amide bonds. The van der Waals surface area contributed by atoms with E-state index in [0.29, 0.717) is 12.2 Å². The highest BCUT2D eigenvalue weighted by molar-refractivity contribution is 7.92. The van der Waals surface area contributed by atoms with E-state index in [4.69, 9.17) is 0 Å². The van der Waals surface area contributed by atoms with E-state index in [-0.39, 0.29) is 23.0 Å². The molecule has 1 aromatic heterocycles. The second-order valence-electron chi connectivity index (χ2n) is 6.59. The number of sulfonamides is 1. The van der Waals surface area contributed by atoms with Crippen molar-refractivity contribution in [3.05, 3.63) is 78.5 Å². The Morgan fingerprint density at radius 3 is 2.24 bits per heavy atom. The van der Waals surface area contributed by atoms with Gasteiger partial charge in [0.05, 0.1) is 17.0 Å². The van der Waals surface area contributed by atoms with Gasteiger partial charge >= 0.3 is 0 Å². The Bertz CT molecular complexity index is 1080. The number of rotatable bonds is 7. The van der Waals surface area contributed by atoms with Gasteiger partial charge in [-0.25, -0.2) is 13.4 Å². The number of hydrogen-bond donors (Lipinski definition) is 1. The van der Waals surface area contributed by atoms with Gasteiger partial charge in [0.2, 0.25) is 5.91 Å². The number of aromatic nitrogens is 1. The summed E-state index contributed by atoms with van der Waals surface area (Å²) < 4.78 is 27.9. The summed E-state index contributed by atoms with van der Waals surface area (Å²) in [6, 6.07) is 21.3. The van der Waals surface area contributed by atoms with Crippen molar-refractivity contribution in [3.63, 3.8) is 0 Å². The molecule has 0 bridgehead atoms. The van der Waals surface area contributed by atoms with Crippen LogP contribution in [0, 0.1) is 0 Å². The first-order valence-electron chi connectivity index (χ1n) is 9.27. The lowest BCUT2D eigenvalue weighted by Gasteiger charge is -2.14. The molecular weight excluding hydrogens is 386 g/mol. The maximum Gasteiger partial charge on any atom is 0.263 e. The van der Waals surface area contributed by atoms with Crippen molar-refractivity contribution >= 4 is 21.7 Å². The molecule has 1 N–H and O–H groups in total. The van der Waals surface area contributed by atoms with Gasteiger partial charge in [-0.1, -0.05) is 48.5 Å². The van der Waals surface area contributed by atoms with Gasteiger partial charge in [-0.2, -0.15) is 0 Å². The summed E-state index contributed by atoms with van der Waals surface area (Å²) >= 11 is 0. The van der Waals surface area contributed by atoms with Crippen LogP contribution in [0.15, 0.2) is 77.7 Å². The van der Waals surface area contributed by atoms with E-state index in [1.165, 1.54) is 0 Å². The van der Waals surface area contributed by atoms with Crippen LogP contribution in [0.2, 0.25) is 0 Å². The van der Waals surface area contributed by atoms with Crippen LogP contribution < -0.4 is 4.72 Å². The Kier molecular flexibility index (Phi) is 6.29. The highest BCUT2D eigenvalue weighted by Gasteiger charge is 2.16. The lowest BCUT2D eigenvalue weighted by Crippen LogP contribution is -2.28. The fourth-order valence-electron chi connectivity index (χ4n) is 2.75. The maximum atomic E-state index is 12.7. The summed E-state index contributed by atoms with van der Waals surface area (Å²) in [5, 5.41) is 0. The summed E-state index contributed by atoms with van der Waals surface area (Å²) in [5.74, 6) is 0.109. The van der Waals surface area contributed by atoms with Crippen molar-refractivity contribution < 1.29 is 13.2 Å². The summed E-state index contributed by atoms with van der Waals surface area (Å²) in [7, 11) is -2.07. The third kappa shape index (κ3) is 5.20. The average molecular weight is 410 g/mol. The van der Waals surface area contributed by atoms with Crippen LogP contribution in [0.4, 0.5) is 5.82 Å². The van der Waals surface area contributed by atoms with Crippen molar-refractivity contribution in [2.24, 2.45) is 0 Å². The number of carbonyl (C=O) groups excluding carboxylic acids is 1. The summed E-state index contributed by atoms with van der Waals surface area (Å²) in [4.78, 5) is 18.1. The van der Waals surface area contributed by atoms with Gasteiger partial charge in [0.15, 0.2) is 0 Å². The minimum absolute atomic E-state index is 0.0727. The van der Waals surface area contributed by atoms with Crippen LogP contribution >= 0.6 is 0 Å². The molecule has 7 heteroatoms. The molecule has 1 heterocycles. The Hall–Kier alpha value is -3.19. The standard InChI is InChI=1S/C22H23N3O3S/c1-3-25(2)22(26)16-19-10-7-11-21(23-19)24-29(27,28)20-14-12-18(13-15-20)17-8-5-4-6-9-17/h4-15H,3,16H2,1-2H3,(H,23,24). The summed E-state index contributed by atoms with van der Waals surface area (Å²) in [6.07, 6.45) is 0.117. The van der Waals surface area contributed by atoms with Gasteiger partial charge in [0.1, 0.15) is 5.82 Å². The van der Waals surface area contributed by atoms with Crippen LogP contribution in [-0.2, 0) is 21.2 Å². The number of nitrogens with zero attached hydrogens (tertiary/aromatic N) is 2. The van der Waals surface area contributed by atoms with Crippen LogP contribution in [-0.4, -0.2) is 37.8 Å². The van der Waals surface area contributed by atoms with Crippen LogP contribution in [0.25, 0.3) is 11.1 Å². The van der Waals surface area contributed by atoms with Gasteiger partial charge in [0.25, 0.3) is 10.0 Å². The molecule has 29 heavy (non-hydrogen) atoms. The summed E-state index contributed by atoms with van der Waals surface area (Å²) in [5.41, 5.74) is 2.46. The fraction of sp³-hybridized carbons (Fsp3) is 0.182. The molecule has 0 aliphatic rings. The molecule has 0 aliphatic carbocycles. The zero-order valence-corrected chi connectivity index (χ0v) is 17.2. The van der Waals surface area contributed by atoms with E-state index in [2.05, 4.69) is 9.71 Å². The predicted octanol–water partition coefficient (Wildman–Crippen LogP) is 3.57. The lowest BCUT2D eigenvalue weighted by atomic mass is 10.1. The monoisotopic (exact) mass is 409 g/mol. The number of carbonyl (C=O) groups is 1. The summed E-state index contributed by atoms with van der Waals surface area (Å²) in [6.45, 7) is 2.49. The van der Waals surface area contributed by atoms with Crippen LogP contribution in [0.1, 0.15) is 12.6 Å². The van der Waals surface area contributed by atoms with E-state index >= 15 is 0 Å². The molecule has 0 aliphatic heterocycles. The van der Waals surface area contributed by atoms with Crippen molar-refractivity contribution in [2.45, 2.75) is 18.2 Å². The molecule has 0 saturated heterocycles. The smallest absolute Gasteiger partial charge is 0.263 e. The molecule has 3 rings (SSSR count). The Morgan fingerprint density at radius 2 is 1.59 bits per heavy atom. The third-order valence-corrected chi connectivity index (χ3v) is 5.92. The van der Waals surface area contributed by atoms with E-state index in [0.717, 1.165) is 11.1 Å². The average Bonchev–Trinajstić information content (AvgIpc) is 2.73. The first-order chi connectivity index (χ1) is 13.9. The molecular formula is C22H23N3O3S. The molecule has 0 atom stereocenters. The third-order valence-electron chi connectivity index (χ3n) is 4.55. The van der Waals surface area contributed by atoms with Gasteiger partial charge in [-0.05, 0) is 42.3 Å². The first kappa shape index (κ1) is 20.5. The SMILES string of the molecule is CCN(C)C(=O)Cc1cccc(NS(=O)(=O)c2ccc(-c3ccccc3)cc2)n1. The number of benzene rings is 2. The minimum atomic E-state index is -3.79. The van der Waals surface area contributed by atoms with Crippen LogP contribution in [0.3, 0.4) is 0 Å². The maximum absolute atomic E-state index is 12.7. The van der Waals surface area contributed by atoms with E-state index in [9.17, 15) is 13.2 Å². The van der Waals surface area contributed by atoms with Crippen molar-refractivity contribution in [3.8, 4) is 11.1 Å². The number of pyridine rings is 1. The molecule has 150 valence electrons. The Labute approximate surface area is 171 Å². The van der Waals surface area contributed by atoms with E-state index in [1.807, 2.05) is 37.3 Å². The molecule has 6 nitrogen and oxygen atoms in total. The number of hydrogen-bond acceptors (Lipinski definition) is 4. The zero-order chi connectivity index (χ0) is 20.9. The molecule has 0 saturated carbocycles. The molecule has 3 aromatic rings. The normalized spacial score (nSPS) is 11.1. The molecule has 0 spiro atoms. The predicted molar refractivity (Wildman–Crippen MR) is 114 cm³/mol. The topological polar surface area (TPSA) is 79.4 Å². The Balaban J connectivity index is 1.76. The van der Waals surface area contributed by atoms with Gasteiger partial charge in [-0.3, -0.25) is 9.52 Å². The van der Waals surface area contributed by atoms with E-state index < -0.39 is 10.0 Å². The Morgan fingerprint density at radius 1 is 0.931 bits per heavy atom. The number of nitrogens with one attached hydrogen (secondary N) is 1. The largest absolute Gasteiger partial charge is 0.346 e. The number of likely N-dealkylation sites (N-methyl/N-ethyl adjacent to an activating group) is 1. The fourth-order valence-corrected chi connectivity index (χ4v) is 3.76. The van der Waals surface area contributed by atoms with Gasteiger partial charge in [0, 0.05) is 13.6 Å².